The van der Waals surface area contributed by atoms with Crippen LogP contribution in [-0.2, 0) is 20.1 Å². The summed E-state index contributed by atoms with van der Waals surface area (Å²) in [6, 6.07) is 0. The second-order valence-electron chi connectivity index (χ2n) is 9.11. The van der Waals surface area contributed by atoms with Crippen molar-refractivity contribution in [2.24, 2.45) is 23.0 Å². The molecule has 1 atom stereocenters. The number of fused-ring (bicyclic) bond motifs is 1. The van der Waals surface area contributed by atoms with Crippen LogP contribution in [0.4, 0.5) is 5.95 Å². The number of rotatable bonds is 7. The van der Waals surface area contributed by atoms with E-state index >= 15 is 0 Å². The molecule has 184 valence electrons. The summed E-state index contributed by atoms with van der Waals surface area (Å²) in [5, 5.41) is 0. The predicted octanol–water partition coefficient (Wildman–Crippen LogP) is 2.53. The molecular formula is C26H33N7O2. The Kier molecular flexibility index (Phi) is 7.49. The maximum absolute atomic E-state index is 13.6. The first kappa shape index (κ1) is 24.5. The first-order valence-corrected chi connectivity index (χ1v) is 12.2. The first-order chi connectivity index (χ1) is 17.0. The molecule has 2 aromatic heterocycles. The van der Waals surface area contributed by atoms with E-state index in [4.69, 9.17) is 4.98 Å². The van der Waals surface area contributed by atoms with Gasteiger partial charge in [-0.3, -0.25) is 28.5 Å². The highest BCUT2D eigenvalue weighted by Gasteiger charge is 2.25. The van der Waals surface area contributed by atoms with Crippen LogP contribution < -0.4 is 16.1 Å². The van der Waals surface area contributed by atoms with Gasteiger partial charge in [0.05, 0.1) is 25.3 Å². The summed E-state index contributed by atoms with van der Waals surface area (Å²) >= 11 is 0. The van der Waals surface area contributed by atoms with Crippen molar-refractivity contribution in [3.8, 4) is 11.8 Å². The number of imidazole rings is 1. The van der Waals surface area contributed by atoms with Gasteiger partial charge in [0.25, 0.3) is 5.56 Å². The third-order valence-electron chi connectivity index (χ3n) is 6.58. The third kappa shape index (κ3) is 4.92. The quantitative estimate of drug-likeness (QED) is 0.455. The predicted molar refractivity (Wildman–Crippen MR) is 142 cm³/mol. The van der Waals surface area contributed by atoms with Gasteiger partial charge in [-0.25, -0.2) is 4.79 Å². The van der Waals surface area contributed by atoms with E-state index < -0.39 is 5.69 Å². The minimum absolute atomic E-state index is 0.173. The van der Waals surface area contributed by atoms with Gasteiger partial charge >= 0.3 is 5.69 Å². The van der Waals surface area contributed by atoms with E-state index in [1.54, 1.807) is 20.2 Å². The lowest BCUT2D eigenvalue weighted by atomic mass is 10.0. The molecule has 0 radical (unpaired) electrons. The lowest BCUT2D eigenvalue weighted by Crippen LogP contribution is -2.40. The molecule has 9 heteroatoms. The third-order valence-corrected chi connectivity index (χ3v) is 6.58. The number of nitrogens with zero attached hydrogens (tertiary/aromatic N) is 7. The van der Waals surface area contributed by atoms with E-state index in [0.29, 0.717) is 36.1 Å². The monoisotopic (exact) mass is 475 g/mol. The van der Waals surface area contributed by atoms with Gasteiger partial charge < -0.3 is 4.90 Å². The summed E-state index contributed by atoms with van der Waals surface area (Å²) in [5.41, 5.74) is 1.78. The molecule has 0 amide bonds. The molecule has 0 bridgehead atoms. The molecule has 2 aromatic rings. The number of anilines is 1. The molecule has 1 saturated heterocycles. The van der Waals surface area contributed by atoms with E-state index in [1.165, 1.54) is 15.6 Å². The normalized spacial score (nSPS) is 18.4. The average Bonchev–Trinajstić information content (AvgIpc) is 3.25. The molecule has 3 heterocycles. The van der Waals surface area contributed by atoms with Crippen LogP contribution in [0.3, 0.4) is 0 Å². The number of hydrogen-bond acceptors (Lipinski definition) is 6. The van der Waals surface area contributed by atoms with Crippen LogP contribution in [-0.4, -0.2) is 51.3 Å². The van der Waals surface area contributed by atoms with Crippen LogP contribution in [0.25, 0.3) is 11.2 Å². The molecule has 1 fully saturated rings. The maximum Gasteiger partial charge on any atom is 0.332 e. The number of aliphatic imine (C=N–C) groups is 2. The van der Waals surface area contributed by atoms with Gasteiger partial charge in [0.15, 0.2) is 11.2 Å². The summed E-state index contributed by atoms with van der Waals surface area (Å²) in [6.07, 6.45) is 9.95. The fraction of sp³-hybridized carbons (Fsp3) is 0.500. The molecule has 2 aliphatic rings. The zero-order valence-electron chi connectivity index (χ0n) is 20.8. The second kappa shape index (κ2) is 10.7. The smallest absolute Gasteiger partial charge is 0.332 e. The first-order valence-electron chi connectivity index (χ1n) is 12.2. The highest BCUT2D eigenvalue weighted by atomic mass is 16.2. The van der Waals surface area contributed by atoms with Gasteiger partial charge in [0.2, 0.25) is 5.95 Å². The Bertz CT molecular complexity index is 1390. The van der Waals surface area contributed by atoms with Crippen LogP contribution >= 0.6 is 0 Å². The van der Waals surface area contributed by atoms with Crippen molar-refractivity contribution in [2.75, 3.05) is 24.5 Å². The zero-order chi connectivity index (χ0) is 24.9. The highest BCUT2D eigenvalue weighted by molar-refractivity contribution is 5.85. The Morgan fingerprint density at radius 1 is 1.26 bits per heavy atom. The lowest BCUT2D eigenvalue weighted by Gasteiger charge is -2.31. The van der Waals surface area contributed by atoms with Crippen molar-refractivity contribution in [1.82, 2.24) is 18.7 Å². The number of allylic oxidation sites excluding steroid dienone is 3. The molecule has 1 aliphatic heterocycles. The van der Waals surface area contributed by atoms with E-state index in [1.807, 2.05) is 10.6 Å². The largest absolute Gasteiger partial charge is 0.342 e. The Balaban J connectivity index is 1.70. The van der Waals surface area contributed by atoms with Crippen LogP contribution in [0.15, 0.2) is 43.0 Å². The van der Waals surface area contributed by atoms with Crippen LogP contribution in [0.2, 0.25) is 0 Å². The molecule has 4 rings (SSSR count). The molecule has 0 saturated carbocycles. The highest BCUT2D eigenvalue weighted by Crippen LogP contribution is 2.25. The standard InChI is InChI=1S/C26H33N7O2/c1-5-6-15-32-22-23(29-25(32)31-14-9-10-19(2)18-31)30(4)26(35)33(24(22)34)16-13-28-17-20-11-7-8-12-21(20)27-3/h11-12,17,19H,3,7-10,13-16,18H2,1-2,4H3. The molecular weight excluding hydrogens is 442 g/mol. The van der Waals surface area contributed by atoms with Crippen molar-refractivity contribution < 1.29 is 0 Å². The molecule has 0 N–H and O–H groups in total. The molecule has 0 aromatic carbocycles. The van der Waals surface area contributed by atoms with Gasteiger partial charge in [-0.15, -0.1) is 5.92 Å². The van der Waals surface area contributed by atoms with E-state index in [9.17, 15) is 9.59 Å². The Morgan fingerprint density at radius 2 is 2.06 bits per heavy atom. The van der Waals surface area contributed by atoms with Crippen molar-refractivity contribution in [1.29, 1.82) is 0 Å². The van der Waals surface area contributed by atoms with E-state index in [2.05, 4.69) is 46.4 Å². The average molecular weight is 476 g/mol. The number of hydrogen-bond donors (Lipinski definition) is 0. The summed E-state index contributed by atoms with van der Waals surface area (Å²) < 4.78 is 4.57. The van der Waals surface area contributed by atoms with E-state index in [0.717, 1.165) is 43.6 Å². The summed E-state index contributed by atoms with van der Waals surface area (Å²) in [5.74, 6) is 7.24. The van der Waals surface area contributed by atoms with Crippen molar-refractivity contribution in [2.45, 2.75) is 52.6 Å². The summed E-state index contributed by atoms with van der Waals surface area (Å²) in [7, 11) is 1.66. The minimum atomic E-state index is -0.396. The molecule has 1 aliphatic carbocycles. The maximum atomic E-state index is 13.6. The fourth-order valence-corrected chi connectivity index (χ4v) is 4.75. The van der Waals surface area contributed by atoms with Gasteiger partial charge in [-0.05, 0) is 45.2 Å². The Morgan fingerprint density at radius 3 is 2.80 bits per heavy atom. The Hall–Kier alpha value is -3.67. The van der Waals surface area contributed by atoms with Gasteiger partial charge in [-0.2, -0.15) is 4.98 Å². The zero-order valence-corrected chi connectivity index (χ0v) is 20.8. The molecule has 35 heavy (non-hydrogen) atoms. The fourth-order valence-electron chi connectivity index (χ4n) is 4.75. The topological polar surface area (TPSA) is 89.8 Å². The van der Waals surface area contributed by atoms with Crippen molar-refractivity contribution in [3.63, 3.8) is 0 Å². The lowest BCUT2D eigenvalue weighted by molar-refractivity contribution is 0.439. The SMILES string of the molecule is C=NC1=CCCC=C1C=NCCn1c(=O)c2c(nc(N3CCCC(C)C3)n2CC#CC)n(C)c1=O. The number of piperidine rings is 1. The van der Waals surface area contributed by atoms with Crippen LogP contribution in [0, 0.1) is 17.8 Å². The molecule has 9 nitrogen and oxygen atoms in total. The van der Waals surface area contributed by atoms with E-state index in [-0.39, 0.29) is 12.1 Å². The second-order valence-corrected chi connectivity index (χ2v) is 9.11. The minimum Gasteiger partial charge on any atom is -0.342 e. The number of aromatic nitrogens is 4. The molecule has 1 unspecified atom stereocenters. The van der Waals surface area contributed by atoms with Crippen molar-refractivity contribution >= 4 is 30.0 Å². The van der Waals surface area contributed by atoms with Crippen LogP contribution in [0.5, 0.6) is 0 Å². The van der Waals surface area contributed by atoms with Gasteiger partial charge in [0.1, 0.15) is 0 Å². The van der Waals surface area contributed by atoms with Crippen molar-refractivity contribution in [3.05, 3.63) is 44.3 Å². The number of aryl methyl sites for hydroxylation is 1. The van der Waals surface area contributed by atoms with Gasteiger partial charge in [-0.1, -0.05) is 25.0 Å². The Labute approximate surface area is 205 Å². The van der Waals surface area contributed by atoms with Gasteiger partial charge in [0, 0.05) is 31.9 Å². The van der Waals surface area contributed by atoms with Crippen LogP contribution in [0.1, 0.15) is 39.5 Å². The molecule has 0 spiro atoms. The summed E-state index contributed by atoms with van der Waals surface area (Å²) in [6.45, 7) is 10.2. The summed E-state index contributed by atoms with van der Waals surface area (Å²) in [4.78, 5) is 42.1.